The number of nitrogens with zero attached hydrogens (tertiary/aromatic N) is 5. The van der Waals surface area contributed by atoms with Gasteiger partial charge in [0.2, 0.25) is 0 Å². The molecule has 0 saturated carbocycles. The van der Waals surface area contributed by atoms with E-state index in [0.29, 0.717) is 16.7 Å². The van der Waals surface area contributed by atoms with E-state index in [1.54, 1.807) is 4.68 Å². The van der Waals surface area contributed by atoms with Crippen LogP contribution in [-0.2, 0) is 5.75 Å². The van der Waals surface area contributed by atoms with E-state index in [0.717, 1.165) is 10.2 Å². The second-order valence-electron chi connectivity index (χ2n) is 4.25. The first-order chi connectivity index (χ1) is 10.6. The number of hydrogen-bond acceptors (Lipinski definition) is 7. The summed E-state index contributed by atoms with van der Waals surface area (Å²) in [6.45, 7) is 0. The smallest absolute Gasteiger partial charge is 0.253 e. The number of hydrogen-bond donors (Lipinski definition) is 2. The van der Waals surface area contributed by atoms with Gasteiger partial charge in [0.1, 0.15) is 5.82 Å². The van der Waals surface area contributed by atoms with E-state index in [2.05, 4.69) is 41.4 Å². The fraction of sp³-hybridized carbons (Fsp3) is 0.0833. The van der Waals surface area contributed by atoms with Gasteiger partial charge in [0.15, 0.2) is 11.0 Å². The Hall–Kier alpha value is -2.20. The summed E-state index contributed by atoms with van der Waals surface area (Å²) in [6, 6.07) is 8.84. The fourth-order valence-corrected chi connectivity index (χ4v) is 2.79. The van der Waals surface area contributed by atoms with E-state index in [-0.39, 0.29) is 11.4 Å². The summed E-state index contributed by atoms with van der Waals surface area (Å²) in [5.41, 5.74) is 6.10. The van der Waals surface area contributed by atoms with Gasteiger partial charge in [0.05, 0.1) is 11.4 Å². The predicted octanol–water partition coefficient (Wildman–Crippen LogP) is 1.38. The van der Waals surface area contributed by atoms with Crippen LogP contribution in [0.3, 0.4) is 0 Å². The lowest BCUT2D eigenvalue weighted by Gasteiger charge is -2.04. The largest absolute Gasteiger partial charge is 0.383 e. The van der Waals surface area contributed by atoms with E-state index in [1.807, 2.05) is 24.3 Å². The van der Waals surface area contributed by atoms with Crippen molar-refractivity contribution >= 4 is 33.5 Å². The van der Waals surface area contributed by atoms with Gasteiger partial charge in [0.25, 0.3) is 5.56 Å². The second-order valence-corrected chi connectivity index (χ2v) is 6.13. The zero-order valence-corrected chi connectivity index (χ0v) is 13.5. The molecule has 112 valence electrons. The maximum Gasteiger partial charge on any atom is 0.253 e. The van der Waals surface area contributed by atoms with Crippen molar-refractivity contribution in [3.05, 3.63) is 51.0 Å². The highest BCUT2D eigenvalue weighted by molar-refractivity contribution is 9.10. The molecule has 3 N–H and O–H groups in total. The van der Waals surface area contributed by atoms with E-state index < -0.39 is 0 Å². The highest BCUT2D eigenvalue weighted by Gasteiger charge is 2.10. The fourth-order valence-electron chi connectivity index (χ4n) is 1.73. The molecule has 0 aliphatic carbocycles. The first-order valence-electron chi connectivity index (χ1n) is 6.14. The molecule has 8 nitrogen and oxygen atoms in total. The Bertz CT molecular complexity index is 845. The van der Waals surface area contributed by atoms with Crippen LogP contribution in [0.15, 0.2) is 44.8 Å². The number of tetrazole rings is 1. The van der Waals surface area contributed by atoms with E-state index in [1.165, 1.54) is 17.8 Å². The molecule has 0 amide bonds. The molecule has 0 unspecified atom stereocenters. The number of halogens is 1. The third kappa shape index (κ3) is 3.34. The number of rotatable bonds is 4. The van der Waals surface area contributed by atoms with Crippen molar-refractivity contribution < 1.29 is 0 Å². The number of aromatic nitrogens is 6. The molecule has 0 saturated heterocycles. The predicted molar refractivity (Wildman–Crippen MR) is 85.7 cm³/mol. The molecule has 2 aromatic heterocycles. The number of benzene rings is 1. The lowest BCUT2D eigenvalue weighted by molar-refractivity contribution is 0.777. The van der Waals surface area contributed by atoms with Gasteiger partial charge in [-0.25, -0.2) is 4.98 Å². The second kappa shape index (κ2) is 6.28. The Kier molecular flexibility index (Phi) is 4.20. The lowest BCUT2D eigenvalue weighted by Crippen LogP contribution is -2.09. The molecule has 0 radical (unpaired) electrons. The molecule has 0 aliphatic rings. The number of nitrogens with one attached hydrogen (secondary N) is 1. The number of anilines is 1. The average molecular weight is 380 g/mol. The van der Waals surface area contributed by atoms with Crippen LogP contribution >= 0.6 is 27.7 Å². The van der Waals surface area contributed by atoms with E-state index >= 15 is 0 Å². The monoisotopic (exact) mass is 379 g/mol. The molecule has 3 rings (SSSR count). The first kappa shape index (κ1) is 14.7. The minimum Gasteiger partial charge on any atom is -0.383 e. The number of nitrogens with two attached hydrogens (primary N) is 1. The lowest BCUT2D eigenvalue weighted by atomic mass is 10.3. The minimum absolute atomic E-state index is 0.179. The van der Waals surface area contributed by atoms with Gasteiger partial charge in [-0.1, -0.05) is 27.7 Å². The third-order valence-electron chi connectivity index (χ3n) is 2.68. The van der Waals surface area contributed by atoms with Crippen molar-refractivity contribution in [2.75, 3.05) is 5.73 Å². The summed E-state index contributed by atoms with van der Waals surface area (Å²) in [7, 11) is 0. The Morgan fingerprint density at radius 2 is 2.09 bits per heavy atom. The van der Waals surface area contributed by atoms with Crippen LogP contribution in [0.4, 0.5) is 5.82 Å². The number of H-pyrrole nitrogens is 1. The summed E-state index contributed by atoms with van der Waals surface area (Å²) < 4.78 is 2.60. The normalized spacial score (nSPS) is 10.8. The average Bonchev–Trinajstić information content (AvgIpc) is 2.93. The van der Waals surface area contributed by atoms with Crippen molar-refractivity contribution in [2.24, 2.45) is 0 Å². The molecule has 0 aliphatic heterocycles. The zero-order chi connectivity index (χ0) is 15.5. The third-order valence-corrected chi connectivity index (χ3v) is 4.08. The van der Waals surface area contributed by atoms with Crippen LogP contribution in [0.25, 0.3) is 5.69 Å². The standard InChI is InChI=1S/C12H10BrN7OS/c13-7-1-3-8(4-2-7)20-10(17-18-19-20)6-22-12-15-9(14)5-11(21)16-12/h1-5H,6H2,(H3,14,15,16,21). The quantitative estimate of drug-likeness (QED) is 0.519. The molecular formula is C12H10BrN7OS. The first-order valence-corrected chi connectivity index (χ1v) is 7.92. The van der Waals surface area contributed by atoms with Gasteiger partial charge in [-0.15, -0.1) is 5.10 Å². The molecule has 10 heteroatoms. The summed E-state index contributed by atoms with van der Waals surface area (Å²) in [5, 5.41) is 12.1. The molecule has 0 atom stereocenters. The molecule has 0 spiro atoms. The Labute approximate surface area is 137 Å². The van der Waals surface area contributed by atoms with Crippen LogP contribution in [0, 0.1) is 0 Å². The van der Waals surface area contributed by atoms with Gasteiger partial charge in [-0.05, 0) is 34.7 Å². The van der Waals surface area contributed by atoms with Gasteiger partial charge < -0.3 is 10.7 Å². The van der Waals surface area contributed by atoms with Crippen molar-refractivity contribution in [1.82, 2.24) is 30.2 Å². The maximum atomic E-state index is 11.4. The van der Waals surface area contributed by atoms with Gasteiger partial charge in [-0.3, -0.25) is 4.79 Å². The number of thioether (sulfide) groups is 1. The van der Waals surface area contributed by atoms with Gasteiger partial charge in [0, 0.05) is 10.5 Å². The Morgan fingerprint density at radius 3 is 2.82 bits per heavy atom. The van der Waals surface area contributed by atoms with Crippen molar-refractivity contribution in [3.63, 3.8) is 0 Å². The van der Waals surface area contributed by atoms with Crippen LogP contribution in [0.1, 0.15) is 5.82 Å². The molecule has 2 heterocycles. The number of nitrogen functional groups attached to an aromatic ring is 1. The Morgan fingerprint density at radius 1 is 1.32 bits per heavy atom. The molecule has 0 bridgehead atoms. The van der Waals surface area contributed by atoms with Gasteiger partial charge in [-0.2, -0.15) is 4.68 Å². The summed E-state index contributed by atoms with van der Waals surface area (Å²) in [6.07, 6.45) is 0. The summed E-state index contributed by atoms with van der Waals surface area (Å²) in [4.78, 5) is 18.0. The van der Waals surface area contributed by atoms with Crippen LogP contribution in [0.2, 0.25) is 0 Å². The van der Waals surface area contributed by atoms with Crippen molar-refractivity contribution in [1.29, 1.82) is 0 Å². The van der Waals surface area contributed by atoms with Gasteiger partial charge >= 0.3 is 0 Å². The SMILES string of the molecule is Nc1cc(=O)[nH]c(SCc2nnnn2-c2ccc(Br)cc2)n1. The molecule has 22 heavy (non-hydrogen) atoms. The summed E-state index contributed by atoms with van der Waals surface area (Å²) >= 11 is 4.68. The van der Waals surface area contributed by atoms with Crippen LogP contribution < -0.4 is 11.3 Å². The highest BCUT2D eigenvalue weighted by Crippen LogP contribution is 2.19. The maximum absolute atomic E-state index is 11.4. The van der Waals surface area contributed by atoms with Crippen molar-refractivity contribution in [2.45, 2.75) is 10.9 Å². The van der Waals surface area contributed by atoms with E-state index in [4.69, 9.17) is 5.73 Å². The molecule has 0 fully saturated rings. The number of aromatic amines is 1. The van der Waals surface area contributed by atoms with Crippen molar-refractivity contribution in [3.8, 4) is 5.69 Å². The molecule has 1 aromatic carbocycles. The topological polar surface area (TPSA) is 115 Å². The van der Waals surface area contributed by atoms with E-state index in [9.17, 15) is 4.79 Å². The van der Waals surface area contributed by atoms with Crippen LogP contribution in [-0.4, -0.2) is 30.2 Å². The highest BCUT2D eigenvalue weighted by atomic mass is 79.9. The summed E-state index contributed by atoms with van der Waals surface area (Å²) in [5.74, 6) is 1.26. The molecular weight excluding hydrogens is 370 g/mol. The zero-order valence-electron chi connectivity index (χ0n) is 11.1. The minimum atomic E-state index is -0.289. The Balaban J connectivity index is 1.80. The molecule has 3 aromatic rings. The van der Waals surface area contributed by atoms with Crippen LogP contribution in [0.5, 0.6) is 0 Å².